The predicted molar refractivity (Wildman–Crippen MR) is 69.0 cm³/mol. The first kappa shape index (κ1) is 12.5. The molecule has 0 fully saturated rings. The highest BCUT2D eigenvalue weighted by molar-refractivity contribution is 6.88. The van der Waals surface area contributed by atoms with Gasteiger partial charge in [-0.25, -0.2) is 9.07 Å². The van der Waals surface area contributed by atoms with Gasteiger partial charge in [0.15, 0.2) is 0 Å². The Morgan fingerprint density at radius 2 is 2.06 bits per heavy atom. The normalized spacial score (nSPS) is 11.3. The number of hydrogen-bond acceptors (Lipinski definition) is 3. The van der Waals surface area contributed by atoms with Crippen molar-refractivity contribution in [2.45, 2.75) is 19.6 Å². The van der Waals surface area contributed by atoms with Gasteiger partial charge in [-0.15, -0.1) is 5.10 Å². The molecule has 1 aromatic heterocycles. The van der Waals surface area contributed by atoms with Gasteiger partial charge in [-0.2, -0.15) is 5.26 Å². The van der Waals surface area contributed by atoms with Gasteiger partial charge in [0.25, 0.3) is 0 Å². The average Bonchev–Trinajstić information content (AvgIpc) is 2.77. The van der Waals surface area contributed by atoms with Crippen LogP contribution in [0.4, 0.5) is 4.39 Å². The standard InChI is InChI=1S/C12H13FN4Si/c1-18(2,3)12-8-15-16-17(12)10-5-4-9(7-14)11(13)6-10/h4-6,8H,1-3H3. The van der Waals surface area contributed by atoms with Crippen molar-refractivity contribution in [1.29, 1.82) is 5.26 Å². The van der Waals surface area contributed by atoms with Gasteiger partial charge in [0.2, 0.25) is 0 Å². The Labute approximate surface area is 106 Å². The van der Waals surface area contributed by atoms with E-state index in [4.69, 9.17) is 5.26 Å². The third kappa shape index (κ3) is 2.17. The van der Waals surface area contributed by atoms with Crippen molar-refractivity contribution >= 4 is 13.4 Å². The smallest absolute Gasteiger partial charge is 0.143 e. The second-order valence-corrected chi connectivity index (χ2v) is 10.1. The maximum atomic E-state index is 13.6. The van der Waals surface area contributed by atoms with E-state index < -0.39 is 13.9 Å². The molecule has 0 amide bonds. The van der Waals surface area contributed by atoms with Crippen LogP contribution in [-0.2, 0) is 0 Å². The first-order valence-corrected chi connectivity index (χ1v) is 9.04. The minimum absolute atomic E-state index is 0.0356. The van der Waals surface area contributed by atoms with Crippen molar-refractivity contribution in [1.82, 2.24) is 15.0 Å². The molecule has 0 aliphatic rings. The average molecular weight is 260 g/mol. The van der Waals surface area contributed by atoms with Gasteiger partial charge in [0, 0.05) is 11.4 Å². The molecule has 1 heterocycles. The van der Waals surface area contributed by atoms with Crippen molar-refractivity contribution < 1.29 is 4.39 Å². The molecular formula is C12H13FN4Si. The molecular weight excluding hydrogens is 247 g/mol. The molecule has 92 valence electrons. The molecule has 0 radical (unpaired) electrons. The van der Waals surface area contributed by atoms with Crippen LogP contribution in [0.25, 0.3) is 5.69 Å². The minimum atomic E-state index is -1.60. The van der Waals surface area contributed by atoms with Gasteiger partial charge in [-0.05, 0) is 12.1 Å². The Hall–Kier alpha value is -2.00. The lowest BCUT2D eigenvalue weighted by Crippen LogP contribution is -2.42. The Morgan fingerprint density at radius 3 is 2.61 bits per heavy atom. The van der Waals surface area contributed by atoms with E-state index in [1.165, 1.54) is 12.1 Å². The van der Waals surface area contributed by atoms with E-state index in [-0.39, 0.29) is 5.56 Å². The number of nitriles is 1. The summed E-state index contributed by atoms with van der Waals surface area (Å²) >= 11 is 0. The fourth-order valence-corrected chi connectivity index (χ4v) is 2.92. The summed E-state index contributed by atoms with van der Waals surface area (Å²) in [4.78, 5) is 0. The molecule has 6 heteroatoms. The minimum Gasteiger partial charge on any atom is -0.222 e. The number of halogens is 1. The zero-order valence-corrected chi connectivity index (χ0v) is 11.5. The number of nitrogens with zero attached hydrogens (tertiary/aromatic N) is 4. The molecule has 0 spiro atoms. The summed E-state index contributed by atoms with van der Waals surface area (Å²) in [5.41, 5.74) is 0.634. The first-order valence-electron chi connectivity index (χ1n) is 5.54. The Kier molecular flexibility index (Phi) is 3.01. The van der Waals surface area contributed by atoms with E-state index >= 15 is 0 Å². The SMILES string of the molecule is C[Si](C)(C)c1cnnn1-c1ccc(C#N)c(F)c1. The van der Waals surface area contributed by atoms with E-state index in [0.29, 0.717) is 5.69 Å². The van der Waals surface area contributed by atoms with E-state index in [9.17, 15) is 4.39 Å². The monoisotopic (exact) mass is 260 g/mol. The summed E-state index contributed by atoms with van der Waals surface area (Å²) in [6, 6.07) is 6.26. The van der Waals surface area contributed by atoms with Crippen LogP contribution in [0.5, 0.6) is 0 Å². The largest absolute Gasteiger partial charge is 0.222 e. The maximum Gasteiger partial charge on any atom is 0.143 e. The van der Waals surface area contributed by atoms with Gasteiger partial charge in [0.05, 0.1) is 17.4 Å². The van der Waals surface area contributed by atoms with Crippen LogP contribution in [0.15, 0.2) is 24.4 Å². The molecule has 2 rings (SSSR count). The van der Waals surface area contributed by atoms with Crippen LogP contribution in [0, 0.1) is 17.1 Å². The summed E-state index contributed by atoms with van der Waals surface area (Å²) in [5, 5.41) is 17.6. The topological polar surface area (TPSA) is 54.5 Å². The highest BCUT2D eigenvalue weighted by Crippen LogP contribution is 2.13. The Morgan fingerprint density at radius 1 is 1.33 bits per heavy atom. The molecule has 18 heavy (non-hydrogen) atoms. The molecule has 0 saturated heterocycles. The van der Waals surface area contributed by atoms with Gasteiger partial charge in [0.1, 0.15) is 20.0 Å². The zero-order valence-electron chi connectivity index (χ0n) is 10.5. The van der Waals surface area contributed by atoms with E-state index in [0.717, 1.165) is 5.32 Å². The molecule has 4 nitrogen and oxygen atoms in total. The molecule has 0 atom stereocenters. The van der Waals surface area contributed by atoms with Crippen LogP contribution in [0.1, 0.15) is 5.56 Å². The number of rotatable bonds is 2. The lowest BCUT2D eigenvalue weighted by atomic mass is 10.2. The van der Waals surface area contributed by atoms with Crippen molar-refractivity contribution in [2.75, 3.05) is 0 Å². The molecule has 0 aliphatic heterocycles. The maximum absolute atomic E-state index is 13.6. The first-order chi connectivity index (χ1) is 8.43. The van der Waals surface area contributed by atoms with Crippen molar-refractivity contribution in [3.63, 3.8) is 0 Å². The van der Waals surface area contributed by atoms with Crippen LogP contribution in [0.2, 0.25) is 19.6 Å². The zero-order chi connectivity index (χ0) is 13.3. The van der Waals surface area contributed by atoms with Gasteiger partial charge >= 0.3 is 0 Å². The van der Waals surface area contributed by atoms with Crippen LogP contribution < -0.4 is 5.32 Å². The Bertz CT molecular complexity index is 622. The molecule has 0 unspecified atom stereocenters. The third-order valence-corrected chi connectivity index (χ3v) is 4.51. The van der Waals surface area contributed by atoms with Crippen molar-refractivity contribution in [3.8, 4) is 11.8 Å². The fraction of sp³-hybridized carbons (Fsp3) is 0.250. The molecule has 1 aromatic carbocycles. The van der Waals surface area contributed by atoms with Gasteiger partial charge < -0.3 is 0 Å². The summed E-state index contributed by atoms with van der Waals surface area (Å²) < 4.78 is 15.2. The number of benzene rings is 1. The lowest BCUT2D eigenvalue weighted by Gasteiger charge is -2.17. The summed E-state index contributed by atoms with van der Waals surface area (Å²) in [6.45, 7) is 6.51. The molecule has 0 aliphatic carbocycles. The molecule has 0 saturated carbocycles. The third-order valence-electron chi connectivity index (χ3n) is 2.64. The highest BCUT2D eigenvalue weighted by atomic mass is 28.3. The Balaban J connectivity index is 2.54. The summed E-state index contributed by atoms with van der Waals surface area (Å²) in [6.07, 6.45) is 1.72. The highest BCUT2D eigenvalue weighted by Gasteiger charge is 2.23. The van der Waals surface area contributed by atoms with Crippen LogP contribution >= 0.6 is 0 Å². The second-order valence-electron chi connectivity index (χ2n) is 5.06. The van der Waals surface area contributed by atoms with Gasteiger partial charge in [-0.1, -0.05) is 24.9 Å². The van der Waals surface area contributed by atoms with Crippen molar-refractivity contribution in [2.24, 2.45) is 0 Å². The fourth-order valence-electron chi connectivity index (χ4n) is 1.66. The van der Waals surface area contributed by atoms with Crippen molar-refractivity contribution in [3.05, 3.63) is 35.8 Å². The van der Waals surface area contributed by atoms with Crippen LogP contribution in [-0.4, -0.2) is 23.1 Å². The van der Waals surface area contributed by atoms with E-state index in [2.05, 4.69) is 30.0 Å². The number of aromatic nitrogens is 3. The summed E-state index contributed by atoms with van der Waals surface area (Å²) in [7, 11) is -1.60. The molecule has 2 aromatic rings. The summed E-state index contributed by atoms with van der Waals surface area (Å²) in [5.74, 6) is -0.535. The quantitative estimate of drug-likeness (QED) is 0.774. The van der Waals surface area contributed by atoms with Crippen LogP contribution in [0.3, 0.4) is 0 Å². The molecule has 0 N–H and O–H groups in total. The van der Waals surface area contributed by atoms with E-state index in [1.807, 2.05) is 0 Å². The number of hydrogen-bond donors (Lipinski definition) is 0. The van der Waals surface area contributed by atoms with E-state index in [1.54, 1.807) is 23.0 Å². The lowest BCUT2D eigenvalue weighted by molar-refractivity contribution is 0.621. The second kappa shape index (κ2) is 4.35. The predicted octanol–water partition coefficient (Wildman–Crippen LogP) is 1.82. The molecule has 0 bridgehead atoms. The van der Waals surface area contributed by atoms with Gasteiger partial charge in [-0.3, -0.25) is 0 Å².